The monoisotopic (exact) mass is 240 g/mol. The largest absolute Gasteiger partial charge is 0.353 e. The first-order valence-electron chi connectivity index (χ1n) is 5.30. The van der Waals surface area contributed by atoms with Gasteiger partial charge in [-0.1, -0.05) is 0 Å². The van der Waals surface area contributed by atoms with E-state index in [1.54, 1.807) is 6.07 Å². The maximum Gasteiger partial charge on any atom is 0.333 e. The summed E-state index contributed by atoms with van der Waals surface area (Å²) < 4.78 is 27.2. The fraction of sp³-hybridized carbons (Fsp3) is 0.364. The zero-order chi connectivity index (χ0) is 12.3. The van der Waals surface area contributed by atoms with E-state index in [-0.39, 0.29) is 0 Å². The van der Waals surface area contributed by atoms with Gasteiger partial charge in [0.25, 0.3) is 0 Å². The summed E-state index contributed by atoms with van der Waals surface area (Å²) in [4.78, 5) is 0. The Morgan fingerprint density at radius 1 is 1.29 bits per heavy atom. The van der Waals surface area contributed by atoms with E-state index >= 15 is 0 Å². The van der Waals surface area contributed by atoms with Crippen LogP contribution < -0.4 is 5.32 Å². The molecule has 2 aromatic heterocycles. The van der Waals surface area contributed by atoms with E-state index in [2.05, 4.69) is 10.4 Å². The number of nitrogens with zero attached hydrogens (tertiary/aromatic N) is 3. The van der Waals surface area contributed by atoms with Gasteiger partial charge in [-0.25, -0.2) is 4.68 Å². The third-order valence-corrected chi connectivity index (χ3v) is 2.53. The van der Waals surface area contributed by atoms with Gasteiger partial charge < -0.3 is 9.88 Å². The smallest absolute Gasteiger partial charge is 0.333 e. The van der Waals surface area contributed by atoms with Crippen molar-refractivity contribution in [3.8, 4) is 0 Å². The first kappa shape index (κ1) is 11.8. The molecule has 0 unspecified atom stereocenters. The van der Waals surface area contributed by atoms with Crippen LogP contribution in [0.4, 0.5) is 8.78 Å². The molecule has 0 saturated heterocycles. The highest BCUT2D eigenvalue weighted by atomic mass is 19.3. The van der Waals surface area contributed by atoms with Gasteiger partial charge in [0.2, 0.25) is 0 Å². The fourth-order valence-corrected chi connectivity index (χ4v) is 1.58. The van der Waals surface area contributed by atoms with Crippen LogP contribution in [0.15, 0.2) is 30.6 Å². The first-order chi connectivity index (χ1) is 8.16. The van der Waals surface area contributed by atoms with Crippen LogP contribution >= 0.6 is 0 Å². The minimum atomic E-state index is -2.57. The van der Waals surface area contributed by atoms with E-state index in [9.17, 15) is 8.78 Å². The molecule has 0 aliphatic carbocycles. The second-order valence-electron chi connectivity index (χ2n) is 3.78. The van der Waals surface area contributed by atoms with Crippen molar-refractivity contribution in [3.05, 3.63) is 42.0 Å². The maximum atomic E-state index is 12.3. The van der Waals surface area contributed by atoms with Crippen LogP contribution in [-0.2, 0) is 20.1 Å². The van der Waals surface area contributed by atoms with Gasteiger partial charge in [-0.2, -0.15) is 13.9 Å². The second-order valence-corrected chi connectivity index (χ2v) is 3.78. The molecule has 0 bridgehead atoms. The van der Waals surface area contributed by atoms with Crippen LogP contribution in [-0.4, -0.2) is 14.3 Å². The van der Waals surface area contributed by atoms with Crippen molar-refractivity contribution in [2.45, 2.75) is 19.6 Å². The molecule has 2 rings (SSSR count). The van der Waals surface area contributed by atoms with Gasteiger partial charge in [0.15, 0.2) is 0 Å². The molecule has 0 aromatic carbocycles. The lowest BCUT2D eigenvalue weighted by Crippen LogP contribution is -2.15. The van der Waals surface area contributed by atoms with Crippen molar-refractivity contribution in [1.82, 2.24) is 19.7 Å². The van der Waals surface area contributed by atoms with Crippen molar-refractivity contribution < 1.29 is 8.78 Å². The highest BCUT2D eigenvalue weighted by molar-refractivity contribution is 5.06. The Balaban J connectivity index is 1.84. The van der Waals surface area contributed by atoms with Crippen molar-refractivity contribution in [3.63, 3.8) is 0 Å². The van der Waals surface area contributed by atoms with Gasteiger partial charge in [0, 0.05) is 38.2 Å². The van der Waals surface area contributed by atoms with Gasteiger partial charge in [0.1, 0.15) is 0 Å². The summed E-state index contributed by atoms with van der Waals surface area (Å²) in [5.41, 5.74) is 1.75. The van der Waals surface area contributed by atoms with Crippen LogP contribution in [0.1, 0.15) is 17.9 Å². The molecule has 2 heterocycles. The fourth-order valence-electron chi connectivity index (χ4n) is 1.58. The number of alkyl halides is 2. The normalized spacial score (nSPS) is 11.3. The predicted molar refractivity (Wildman–Crippen MR) is 59.4 cm³/mol. The molecule has 0 saturated carbocycles. The Labute approximate surface area is 97.9 Å². The lowest BCUT2D eigenvalue weighted by molar-refractivity contribution is 0.0561. The summed E-state index contributed by atoms with van der Waals surface area (Å²) in [5, 5.41) is 6.90. The molecule has 0 spiro atoms. The number of hydrogen-bond donors (Lipinski definition) is 1. The topological polar surface area (TPSA) is 34.8 Å². The molecular formula is C11H14F2N4. The average molecular weight is 240 g/mol. The van der Waals surface area contributed by atoms with Crippen LogP contribution in [0.2, 0.25) is 0 Å². The molecule has 1 N–H and O–H groups in total. The minimum absolute atomic E-state index is 0.477. The average Bonchev–Trinajstić information content (AvgIpc) is 2.89. The molecule has 17 heavy (non-hydrogen) atoms. The van der Waals surface area contributed by atoms with Crippen molar-refractivity contribution >= 4 is 0 Å². The molecule has 92 valence electrons. The molecule has 0 fully saturated rings. The van der Waals surface area contributed by atoms with E-state index in [0.29, 0.717) is 23.5 Å². The number of aromatic nitrogens is 3. The number of halogens is 2. The van der Waals surface area contributed by atoms with Crippen LogP contribution in [0.5, 0.6) is 0 Å². The van der Waals surface area contributed by atoms with E-state index < -0.39 is 6.55 Å². The Kier molecular flexibility index (Phi) is 3.53. The van der Waals surface area contributed by atoms with E-state index in [0.717, 1.165) is 5.69 Å². The standard InChI is InChI=1S/C11H14F2N4/c1-16-5-2-3-10(16)8-14-7-9-4-6-17(15-9)11(12)13/h2-6,11,14H,7-8H2,1H3. The highest BCUT2D eigenvalue weighted by Crippen LogP contribution is 2.08. The molecule has 0 aliphatic rings. The lowest BCUT2D eigenvalue weighted by Gasteiger charge is -2.04. The number of rotatable bonds is 5. The molecule has 0 aliphatic heterocycles. The summed E-state index contributed by atoms with van der Waals surface area (Å²) in [6.07, 6.45) is 3.24. The van der Waals surface area contributed by atoms with Gasteiger partial charge >= 0.3 is 6.55 Å². The second kappa shape index (κ2) is 5.09. The van der Waals surface area contributed by atoms with Crippen molar-refractivity contribution in [2.24, 2.45) is 7.05 Å². The maximum absolute atomic E-state index is 12.3. The zero-order valence-corrected chi connectivity index (χ0v) is 9.48. The van der Waals surface area contributed by atoms with Crippen LogP contribution in [0, 0.1) is 0 Å². The lowest BCUT2D eigenvalue weighted by atomic mass is 10.4. The molecule has 0 amide bonds. The van der Waals surface area contributed by atoms with Gasteiger partial charge in [-0.05, 0) is 18.2 Å². The van der Waals surface area contributed by atoms with Crippen molar-refractivity contribution in [1.29, 1.82) is 0 Å². The van der Waals surface area contributed by atoms with Gasteiger partial charge in [-0.15, -0.1) is 0 Å². The van der Waals surface area contributed by atoms with E-state index in [1.165, 1.54) is 6.20 Å². The van der Waals surface area contributed by atoms with Crippen molar-refractivity contribution in [2.75, 3.05) is 0 Å². The summed E-state index contributed by atoms with van der Waals surface area (Å²) in [6, 6.07) is 5.55. The van der Waals surface area contributed by atoms with Crippen LogP contribution in [0.3, 0.4) is 0 Å². The Bertz CT molecular complexity index is 475. The third kappa shape index (κ3) is 2.91. The quantitative estimate of drug-likeness (QED) is 0.866. The first-order valence-corrected chi connectivity index (χ1v) is 5.30. The van der Waals surface area contributed by atoms with E-state index in [4.69, 9.17) is 0 Å². The summed E-state index contributed by atoms with van der Waals surface area (Å²) in [5.74, 6) is 0. The van der Waals surface area contributed by atoms with E-state index in [1.807, 2.05) is 29.9 Å². The number of aryl methyl sites for hydroxylation is 1. The highest BCUT2D eigenvalue weighted by Gasteiger charge is 2.07. The molecule has 0 atom stereocenters. The number of hydrogen-bond acceptors (Lipinski definition) is 2. The minimum Gasteiger partial charge on any atom is -0.353 e. The molecular weight excluding hydrogens is 226 g/mol. The van der Waals surface area contributed by atoms with Crippen LogP contribution in [0.25, 0.3) is 0 Å². The predicted octanol–water partition coefficient (Wildman–Crippen LogP) is 1.91. The summed E-state index contributed by atoms with van der Waals surface area (Å²) in [6.45, 7) is -1.41. The Hall–Kier alpha value is -1.69. The Morgan fingerprint density at radius 2 is 2.12 bits per heavy atom. The molecule has 4 nitrogen and oxygen atoms in total. The van der Waals surface area contributed by atoms with Gasteiger partial charge in [-0.3, -0.25) is 0 Å². The van der Waals surface area contributed by atoms with Gasteiger partial charge in [0.05, 0.1) is 5.69 Å². The molecule has 0 radical (unpaired) electrons. The summed E-state index contributed by atoms with van der Waals surface area (Å²) in [7, 11) is 1.96. The third-order valence-electron chi connectivity index (χ3n) is 2.53. The SMILES string of the molecule is Cn1cccc1CNCc1ccn(C(F)F)n1. The molecule has 2 aromatic rings. The number of nitrogens with one attached hydrogen (secondary N) is 1. The Morgan fingerprint density at radius 3 is 2.71 bits per heavy atom. The molecule has 6 heteroatoms. The zero-order valence-electron chi connectivity index (χ0n) is 9.48. The summed E-state index contributed by atoms with van der Waals surface area (Å²) >= 11 is 0.